The number of anilines is 1. The van der Waals surface area contributed by atoms with E-state index in [0.717, 1.165) is 35.7 Å². The fourth-order valence-corrected chi connectivity index (χ4v) is 2.54. The number of nitrogen functional groups attached to an aromatic ring is 1. The van der Waals surface area contributed by atoms with Crippen molar-refractivity contribution in [3.63, 3.8) is 0 Å². The first kappa shape index (κ1) is 13.2. The van der Waals surface area contributed by atoms with Gasteiger partial charge in [0, 0.05) is 18.2 Å². The number of hydrogen-bond donors (Lipinski definition) is 1. The highest BCUT2D eigenvalue weighted by Crippen LogP contribution is 2.29. The van der Waals surface area contributed by atoms with Crippen LogP contribution in [0.25, 0.3) is 0 Å². The Morgan fingerprint density at radius 3 is 2.94 bits per heavy atom. The first-order valence-corrected chi connectivity index (χ1v) is 6.91. The number of hydrogen-bond acceptors (Lipinski definition) is 4. The molecule has 0 saturated carbocycles. The number of nitrogens with two attached hydrogens (primary N) is 1. The lowest BCUT2D eigenvalue weighted by atomic mass is 9.42. The van der Waals surface area contributed by atoms with Crippen LogP contribution in [0.2, 0.25) is 12.6 Å². The van der Waals surface area contributed by atoms with Crippen molar-refractivity contribution in [1.29, 1.82) is 5.26 Å². The number of nitriles is 1. The van der Waals surface area contributed by atoms with Crippen LogP contribution in [0.1, 0.15) is 12.8 Å². The standard InChI is InChI=1S/C12H15BBrN3O/c14-10-6-17-12(16)5-11(10)18-7-9-1-3-13(8-15)4-2-9/h5-6,9H,1-4,7H2,(H2,16,17). The van der Waals surface area contributed by atoms with Gasteiger partial charge in [-0.1, -0.05) is 25.5 Å². The molecule has 0 unspecified atom stereocenters. The molecule has 0 atom stereocenters. The van der Waals surface area contributed by atoms with Gasteiger partial charge in [0.2, 0.25) is 0 Å². The molecule has 1 fully saturated rings. The smallest absolute Gasteiger partial charge is 0.267 e. The van der Waals surface area contributed by atoms with Crippen LogP contribution in [0.5, 0.6) is 5.75 Å². The molecule has 1 aliphatic heterocycles. The van der Waals surface area contributed by atoms with E-state index in [0.29, 0.717) is 18.3 Å². The van der Waals surface area contributed by atoms with Gasteiger partial charge in [-0.15, -0.1) is 0 Å². The SMILES string of the molecule is N#CB1CCC(COc2cc(N)ncc2Br)CC1. The van der Waals surface area contributed by atoms with Crippen LogP contribution in [-0.4, -0.2) is 18.3 Å². The second-order valence-electron chi connectivity index (χ2n) is 4.70. The highest BCUT2D eigenvalue weighted by atomic mass is 79.9. The van der Waals surface area contributed by atoms with Gasteiger partial charge in [0.05, 0.1) is 11.1 Å². The molecule has 18 heavy (non-hydrogen) atoms. The predicted molar refractivity (Wildman–Crippen MR) is 75.5 cm³/mol. The third-order valence-corrected chi connectivity index (χ3v) is 3.94. The molecule has 1 saturated heterocycles. The Bertz CT molecular complexity index is 455. The van der Waals surface area contributed by atoms with Gasteiger partial charge in [-0.05, 0) is 21.8 Å². The van der Waals surface area contributed by atoms with E-state index in [1.54, 1.807) is 12.3 Å². The Kier molecular flexibility index (Phi) is 4.48. The van der Waals surface area contributed by atoms with Crippen LogP contribution in [0.4, 0.5) is 5.82 Å². The second-order valence-corrected chi connectivity index (χ2v) is 5.55. The molecule has 1 aromatic rings. The van der Waals surface area contributed by atoms with E-state index >= 15 is 0 Å². The van der Waals surface area contributed by atoms with Crippen molar-refractivity contribution in [3.8, 4) is 11.7 Å². The Hall–Kier alpha value is -1.22. The zero-order valence-corrected chi connectivity index (χ0v) is 11.7. The topological polar surface area (TPSA) is 71.9 Å². The van der Waals surface area contributed by atoms with Gasteiger partial charge in [-0.3, -0.25) is 0 Å². The highest BCUT2D eigenvalue weighted by molar-refractivity contribution is 9.10. The van der Waals surface area contributed by atoms with Gasteiger partial charge < -0.3 is 10.5 Å². The van der Waals surface area contributed by atoms with Crippen LogP contribution in [-0.2, 0) is 0 Å². The summed E-state index contributed by atoms with van der Waals surface area (Å²) < 4.78 is 6.60. The molecule has 1 aliphatic rings. The summed E-state index contributed by atoms with van der Waals surface area (Å²) in [6.07, 6.45) is 5.76. The van der Waals surface area contributed by atoms with Crippen molar-refractivity contribution in [3.05, 3.63) is 16.7 Å². The van der Waals surface area contributed by atoms with Gasteiger partial charge in [0.1, 0.15) is 11.6 Å². The summed E-state index contributed by atoms with van der Waals surface area (Å²) in [4.78, 5) is 3.97. The van der Waals surface area contributed by atoms with Gasteiger partial charge >= 0.3 is 0 Å². The minimum atomic E-state index is 0.240. The summed E-state index contributed by atoms with van der Waals surface area (Å²) in [5.74, 6) is 4.08. The summed E-state index contributed by atoms with van der Waals surface area (Å²) in [6, 6.07) is 1.73. The maximum atomic E-state index is 8.84. The summed E-state index contributed by atoms with van der Waals surface area (Å²) >= 11 is 3.39. The molecule has 0 amide bonds. The molecule has 2 heterocycles. The van der Waals surface area contributed by atoms with E-state index in [9.17, 15) is 0 Å². The van der Waals surface area contributed by atoms with E-state index in [1.807, 2.05) is 0 Å². The minimum Gasteiger partial charge on any atom is -0.492 e. The highest BCUT2D eigenvalue weighted by Gasteiger charge is 2.24. The van der Waals surface area contributed by atoms with Crippen LogP contribution in [0.15, 0.2) is 16.7 Å². The van der Waals surface area contributed by atoms with Crippen LogP contribution >= 0.6 is 15.9 Å². The van der Waals surface area contributed by atoms with Gasteiger partial charge in [-0.25, -0.2) is 10.2 Å². The van der Waals surface area contributed by atoms with Crippen molar-refractivity contribution >= 4 is 28.5 Å². The number of pyridine rings is 1. The lowest BCUT2D eigenvalue weighted by molar-refractivity contribution is 0.235. The summed E-state index contributed by atoms with van der Waals surface area (Å²) in [5, 5.41) is 8.84. The van der Waals surface area contributed by atoms with E-state index in [2.05, 4.69) is 26.9 Å². The second kappa shape index (κ2) is 6.10. The Balaban J connectivity index is 1.85. The molecule has 0 radical (unpaired) electrons. The first-order valence-electron chi connectivity index (χ1n) is 6.12. The Morgan fingerprint density at radius 2 is 2.28 bits per heavy atom. The fourth-order valence-electron chi connectivity index (χ4n) is 2.21. The summed E-state index contributed by atoms with van der Waals surface area (Å²) in [6.45, 7) is 0.921. The van der Waals surface area contributed by atoms with E-state index in [-0.39, 0.29) is 6.71 Å². The molecule has 2 N–H and O–H groups in total. The molecular weight excluding hydrogens is 293 g/mol. The van der Waals surface area contributed by atoms with Gasteiger partial charge in [-0.2, -0.15) is 0 Å². The summed E-state index contributed by atoms with van der Waals surface area (Å²) in [7, 11) is 0. The number of nitrogens with zero attached hydrogens (tertiary/aromatic N) is 2. The normalized spacial score (nSPS) is 16.3. The maximum Gasteiger partial charge on any atom is 0.267 e. The van der Waals surface area contributed by atoms with Crippen molar-refractivity contribution in [1.82, 2.24) is 4.98 Å². The zero-order valence-electron chi connectivity index (χ0n) is 10.1. The molecule has 0 spiro atoms. The number of rotatable bonds is 3. The molecule has 94 valence electrons. The maximum absolute atomic E-state index is 8.84. The van der Waals surface area contributed by atoms with Crippen molar-refractivity contribution in [2.24, 2.45) is 5.92 Å². The molecular formula is C12H15BBrN3O. The minimum absolute atomic E-state index is 0.240. The average Bonchev–Trinajstić information content (AvgIpc) is 2.40. The van der Waals surface area contributed by atoms with Crippen molar-refractivity contribution in [2.75, 3.05) is 12.3 Å². The average molecular weight is 308 g/mol. The molecule has 0 bridgehead atoms. The predicted octanol–water partition coefficient (Wildman–Crippen LogP) is 2.77. The molecule has 0 aliphatic carbocycles. The Labute approximate surface area is 116 Å². The first-order chi connectivity index (χ1) is 8.69. The van der Waals surface area contributed by atoms with Crippen molar-refractivity contribution < 1.29 is 4.74 Å². The number of halogens is 1. The Morgan fingerprint density at radius 1 is 1.56 bits per heavy atom. The monoisotopic (exact) mass is 307 g/mol. The third kappa shape index (κ3) is 3.39. The molecule has 0 aromatic carbocycles. The fraction of sp³-hybridized carbons (Fsp3) is 0.500. The molecule has 1 aromatic heterocycles. The quantitative estimate of drug-likeness (QED) is 0.872. The lowest BCUT2D eigenvalue weighted by Crippen LogP contribution is -2.23. The zero-order chi connectivity index (χ0) is 13.0. The van der Waals surface area contributed by atoms with E-state index in [4.69, 9.17) is 15.7 Å². The largest absolute Gasteiger partial charge is 0.492 e. The lowest BCUT2D eigenvalue weighted by Gasteiger charge is -2.23. The third-order valence-electron chi connectivity index (χ3n) is 3.35. The molecule has 2 rings (SSSR count). The molecule has 4 nitrogen and oxygen atoms in total. The van der Waals surface area contributed by atoms with Gasteiger partial charge in [0.25, 0.3) is 6.71 Å². The van der Waals surface area contributed by atoms with E-state index in [1.165, 1.54) is 0 Å². The van der Waals surface area contributed by atoms with Crippen LogP contribution < -0.4 is 10.5 Å². The molecule has 6 heteroatoms. The van der Waals surface area contributed by atoms with E-state index < -0.39 is 0 Å². The van der Waals surface area contributed by atoms with Crippen LogP contribution in [0, 0.1) is 17.1 Å². The van der Waals surface area contributed by atoms with Crippen molar-refractivity contribution in [2.45, 2.75) is 25.5 Å². The number of aromatic nitrogens is 1. The number of ether oxygens (including phenoxy) is 1. The summed E-state index contributed by atoms with van der Waals surface area (Å²) in [5.41, 5.74) is 5.62. The van der Waals surface area contributed by atoms with Crippen LogP contribution in [0.3, 0.4) is 0 Å². The van der Waals surface area contributed by atoms with Gasteiger partial charge in [0.15, 0.2) is 0 Å².